The smallest absolute Gasteiger partial charge is 0.305 e. The first-order chi connectivity index (χ1) is 37.0. The number of hydrogen-bond donors (Lipinski definition) is 3. The van der Waals surface area contributed by atoms with Gasteiger partial charge in [0, 0.05) is 12.8 Å². The molecule has 0 spiro atoms. The predicted molar refractivity (Wildman–Crippen MR) is 329 cm³/mol. The third kappa shape index (κ3) is 60.9. The molecule has 0 aromatic rings. The molecule has 0 aromatic heterocycles. The Morgan fingerprint density at radius 1 is 0.373 bits per heavy atom. The minimum Gasteiger partial charge on any atom is -0.465 e. The fraction of sp³-hybridized carbons (Fsp3) is 0.855. The molecule has 3 N–H and O–H groups in total. The molecule has 0 aliphatic heterocycles. The van der Waals surface area contributed by atoms with Gasteiger partial charge in [0.2, 0.25) is 5.91 Å². The van der Waals surface area contributed by atoms with Crippen LogP contribution in [-0.2, 0) is 14.3 Å². The van der Waals surface area contributed by atoms with Gasteiger partial charge >= 0.3 is 5.97 Å². The van der Waals surface area contributed by atoms with Crippen molar-refractivity contribution in [1.29, 1.82) is 0 Å². The molecule has 6 nitrogen and oxygen atoms in total. The fourth-order valence-corrected chi connectivity index (χ4v) is 10.2. The molecule has 0 aliphatic carbocycles. The van der Waals surface area contributed by atoms with Crippen molar-refractivity contribution in [1.82, 2.24) is 5.32 Å². The third-order valence-electron chi connectivity index (χ3n) is 15.3. The number of carbonyl (C=O) groups is 2. The summed E-state index contributed by atoms with van der Waals surface area (Å²) in [6, 6.07) is -0.634. The lowest BCUT2D eigenvalue weighted by atomic mass is 10.0. The molecule has 0 fully saturated rings. The Bertz CT molecular complexity index is 1260. The molecular weight excluding hydrogens is 923 g/mol. The molecular formula is C69H129NO5. The largest absolute Gasteiger partial charge is 0.465 e. The Balaban J connectivity index is 3.48. The average Bonchev–Trinajstić information content (AvgIpc) is 3.41. The van der Waals surface area contributed by atoms with Crippen LogP contribution in [-0.4, -0.2) is 47.4 Å². The molecule has 0 bridgehead atoms. The highest BCUT2D eigenvalue weighted by Gasteiger charge is 2.18. The number of carbonyl (C=O) groups excluding carboxylic acids is 2. The predicted octanol–water partition coefficient (Wildman–Crippen LogP) is 21.3. The van der Waals surface area contributed by atoms with Crippen molar-refractivity contribution in [2.45, 2.75) is 366 Å². The van der Waals surface area contributed by atoms with E-state index in [9.17, 15) is 19.8 Å². The van der Waals surface area contributed by atoms with Gasteiger partial charge < -0.3 is 20.3 Å². The molecule has 0 saturated heterocycles. The first kappa shape index (κ1) is 72.8. The molecule has 0 aromatic carbocycles. The van der Waals surface area contributed by atoms with Gasteiger partial charge in [0.15, 0.2) is 0 Å². The Morgan fingerprint density at radius 3 is 1.04 bits per heavy atom. The number of amides is 1. The van der Waals surface area contributed by atoms with Gasteiger partial charge in [0.1, 0.15) is 0 Å². The van der Waals surface area contributed by atoms with Crippen LogP contribution >= 0.6 is 0 Å². The molecule has 0 rings (SSSR count). The van der Waals surface area contributed by atoms with Gasteiger partial charge in [-0.2, -0.15) is 0 Å². The number of esters is 1. The minimum absolute atomic E-state index is 0.0450. The van der Waals surface area contributed by atoms with Crippen molar-refractivity contribution in [2.75, 3.05) is 13.2 Å². The second-order valence-electron chi connectivity index (χ2n) is 22.8. The average molecular weight is 1050 g/mol. The van der Waals surface area contributed by atoms with Gasteiger partial charge in [0.25, 0.3) is 0 Å². The number of aliphatic hydroxyl groups excluding tert-OH is 2. The summed E-state index contributed by atoms with van der Waals surface area (Å²) >= 11 is 0. The number of hydrogen-bond acceptors (Lipinski definition) is 5. The quantitative estimate of drug-likeness (QED) is 0.0320. The van der Waals surface area contributed by atoms with Gasteiger partial charge in [-0.15, -0.1) is 0 Å². The lowest BCUT2D eigenvalue weighted by Crippen LogP contribution is -2.45. The molecule has 0 heterocycles. The van der Waals surface area contributed by atoms with Gasteiger partial charge in [0.05, 0.1) is 25.4 Å². The van der Waals surface area contributed by atoms with Crippen molar-refractivity contribution in [3.63, 3.8) is 0 Å². The summed E-state index contributed by atoms with van der Waals surface area (Å²) in [4.78, 5) is 24.5. The maximum Gasteiger partial charge on any atom is 0.305 e. The van der Waals surface area contributed by atoms with E-state index in [1.807, 2.05) is 6.08 Å². The molecule has 75 heavy (non-hydrogen) atoms. The summed E-state index contributed by atoms with van der Waals surface area (Å²) in [5, 5.41) is 23.3. The summed E-state index contributed by atoms with van der Waals surface area (Å²) in [6.07, 6.45) is 83.3. The van der Waals surface area contributed by atoms with Crippen LogP contribution in [0.2, 0.25) is 0 Å². The maximum atomic E-state index is 12.5. The number of unbranched alkanes of at least 4 members (excludes halogenated alkanes) is 45. The SMILES string of the molecule is CCCCCC/C=C\CCCCCCCC(=O)OCC/C=C\C/C=C\CCCCCCCCCCCCCCCCC(=O)NC(CO)C(O)/C=C/CCCCCCCCCCCCCCCCCCCCCCCC. The lowest BCUT2D eigenvalue weighted by molar-refractivity contribution is -0.143. The van der Waals surface area contributed by atoms with Crippen molar-refractivity contribution in [3.8, 4) is 0 Å². The van der Waals surface area contributed by atoms with Crippen LogP contribution in [0.3, 0.4) is 0 Å². The second kappa shape index (κ2) is 64.3. The van der Waals surface area contributed by atoms with Crippen molar-refractivity contribution < 1.29 is 24.5 Å². The summed E-state index contributed by atoms with van der Waals surface area (Å²) in [7, 11) is 0. The van der Waals surface area contributed by atoms with E-state index in [-0.39, 0.29) is 18.5 Å². The molecule has 2 atom stereocenters. The van der Waals surface area contributed by atoms with E-state index in [0.717, 1.165) is 51.4 Å². The van der Waals surface area contributed by atoms with E-state index >= 15 is 0 Å². The van der Waals surface area contributed by atoms with Gasteiger partial charge in [-0.05, 0) is 77.0 Å². The highest BCUT2D eigenvalue weighted by molar-refractivity contribution is 5.76. The van der Waals surface area contributed by atoms with Crippen LogP contribution < -0.4 is 5.32 Å². The van der Waals surface area contributed by atoms with Crippen LogP contribution in [0.4, 0.5) is 0 Å². The summed E-state index contributed by atoms with van der Waals surface area (Å²) in [5.74, 6) is -0.115. The van der Waals surface area contributed by atoms with E-state index in [0.29, 0.717) is 19.4 Å². The zero-order valence-corrected chi connectivity index (χ0v) is 50.3. The van der Waals surface area contributed by atoms with Gasteiger partial charge in [-0.3, -0.25) is 9.59 Å². The van der Waals surface area contributed by atoms with Gasteiger partial charge in [-0.1, -0.05) is 313 Å². The zero-order valence-electron chi connectivity index (χ0n) is 50.3. The highest BCUT2D eigenvalue weighted by Crippen LogP contribution is 2.18. The van der Waals surface area contributed by atoms with Crippen LogP contribution in [0.15, 0.2) is 48.6 Å². The number of ether oxygens (including phenoxy) is 1. The van der Waals surface area contributed by atoms with Gasteiger partial charge in [-0.25, -0.2) is 0 Å². The first-order valence-electron chi connectivity index (χ1n) is 33.4. The van der Waals surface area contributed by atoms with E-state index < -0.39 is 12.1 Å². The fourth-order valence-electron chi connectivity index (χ4n) is 10.2. The number of aliphatic hydroxyl groups is 2. The molecule has 6 heteroatoms. The first-order valence-corrected chi connectivity index (χ1v) is 33.4. The Labute approximate surface area is 467 Å². The van der Waals surface area contributed by atoms with Crippen molar-refractivity contribution in [3.05, 3.63) is 48.6 Å². The van der Waals surface area contributed by atoms with E-state index in [1.165, 1.54) is 276 Å². The van der Waals surface area contributed by atoms with E-state index in [2.05, 4.69) is 55.6 Å². The Kier molecular flexibility index (Phi) is 62.5. The molecule has 0 aliphatic rings. The number of nitrogens with one attached hydrogen (secondary N) is 1. The Hall–Kier alpha value is -2.18. The second-order valence-corrected chi connectivity index (χ2v) is 22.8. The number of allylic oxidation sites excluding steroid dienone is 6. The third-order valence-corrected chi connectivity index (χ3v) is 15.3. The monoisotopic (exact) mass is 1050 g/mol. The zero-order chi connectivity index (χ0) is 54.3. The van der Waals surface area contributed by atoms with Crippen molar-refractivity contribution in [2.24, 2.45) is 0 Å². The lowest BCUT2D eigenvalue weighted by Gasteiger charge is -2.20. The molecule has 0 radical (unpaired) electrons. The number of rotatable bonds is 62. The van der Waals surface area contributed by atoms with Crippen LogP contribution in [0, 0.1) is 0 Å². The van der Waals surface area contributed by atoms with Crippen LogP contribution in [0.25, 0.3) is 0 Å². The minimum atomic E-state index is -0.850. The summed E-state index contributed by atoms with van der Waals surface area (Å²) < 4.78 is 5.41. The highest BCUT2D eigenvalue weighted by atomic mass is 16.5. The molecule has 1 amide bonds. The summed E-state index contributed by atoms with van der Waals surface area (Å²) in [6.45, 7) is 4.80. The Morgan fingerprint density at radius 2 is 0.667 bits per heavy atom. The summed E-state index contributed by atoms with van der Waals surface area (Å²) in [5.41, 5.74) is 0. The standard InChI is InChI=1S/C69H129NO5/c1-3-5-7-9-11-13-15-17-18-19-20-21-22-23-25-28-31-34-38-41-45-49-53-57-61-67(72)66(65-71)70-68(73)62-58-54-50-46-42-39-35-32-29-26-24-27-30-33-36-40-44-48-52-56-60-64-75-69(74)63-59-55-51-47-43-37-16-14-12-10-8-6-4-2/h14,16,40,44,52,56-57,61,66-67,71-72H,3-13,15,17-39,41-43,45-51,53-55,58-60,62-65H2,1-2H3,(H,70,73)/b16-14-,44-40-,56-52-,61-57+. The topological polar surface area (TPSA) is 95.9 Å². The van der Waals surface area contributed by atoms with Crippen LogP contribution in [0.5, 0.6) is 0 Å². The molecule has 440 valence electrons. The van der Waals surface area contributed by atoms with Crippen LogP contribution in [0.1, 0.15) is 354 Å². The maximum absolute atomic E-state index is 12.5. The molecule has 2 unspecified atom stereocenters. The van der Waals surface area contributed by atoms with Crippen molar-refractivity contribution >= 4 is 11.9 Å². The van der Waals surface area contributed by atoms with E-state index in [4.69, 9.17) is 4.74 Å². The molecule has 0 saturated carbocycles. The van der Waals surface area contributed by atoms with E-state index in [1.54, 1.807) is 6.08 Å². The normalized spacial score (nSPS) is 12.9.